The quantitative estimate of drug-likeness (QED) is 0.529. The Labute approximate surface area is 160 Å². The second kappa shape index (κ2) is 7.13. The predicted molar refractivity (Wildman–Crippen MR) is 106 cm³/mol. The molecule has 0 N–H and O–H groups in total. The number of para-hydroxylation sites is 3. The molecule has 6 nitrogen and oxygen atoms in total. The number of carbonyl (C=O) groups excluding carboxylic acids is 1. The van der Waals surface area contributed by atoms with Crippen LogP contribution in [0.1, 0.15) is 16.2 Å². The molecule has 0 saturated carbocycles. The normalized spacial score (nSPS) is 10.7. The van der Waals surface area contributed by atoms with Gasteiger partial charge in [-0.25, -0.2) is 14.9 Å². The van der Waals surface area contributed by atoms with E-state index in [9.17, 15) is 4.79 Å². The predicted octanol–water partition coefficient (Wildman–Crippen LogP) is 4.38. The molecule has 134 valence electrons. The number of amides is 1. The van der Waals surface area contributed by atoms with E-state index in [1.165, 1.54) is 22.4 Å². The first-order valence-corrected chi connectivity index (χ1v) is 9.10. The summed E-state index contributed by atoms with van der Waals surface area (Å²) in [6, 6.07) is 15.1. The van der Waals surface area contributed by atoms with E-state index in [0.29, 0.717) is 16.6 Å². The second-order valence-electron chi connectivity index (χ2n) is 5.82. The fourth-order valence-corrected chi connectivity index (χ4v) is 3.67. The Balaban J connectivity index is 1.89. The van der Waals surface area contributed by atoms with Crippen molar-refractivity contribution in [2.24, 2.45) is 0 Å². The molecule has 27 heavy (non-hydrogen) atoms. The highest BCUT2D eigenvalue weighted by molar-refractivity contribution is 7.22. The van der Waals surface area contributed by atoms with E-state index in [1.807, 2.05) is 55.5 Å². The molecule has 2 aromatic carbocycles. The number of ether oxygens (including phenoxy) is 1. The number of thiazole rings is 1. The van der Waals surface area contributed by atoms with E-state index in [1.54, 1.807) is 13.3 Å². The molecule has 2 heterocycles. The van der Waals surface area contributed by atoms with Gasteiger partial charge in [-0.05, 0) is 31.2 Å². The molecule has 0 spiro atoms. The summed E-state index contributed by atoms with van der Waals surface area (Å²) in [7, 11) is 1.57. The largest absolute Gasteiger partial charge is 0.495 e. The van der Waals surface area contributed by atoms with Gasteiger partial charge in [-0.1, -0.05) is 35.6 Å². The third kappa shape index (κ3) is 3.24. The van der Waals surface area contributed by atoms with E-state index in [0.717, 1.165) is 15.9 Å². The summed E-state index contributed by atoms with van der Waals surface area (Å²) < 4.78 is 6.47. The standard InChI is InChI=1S/C20H16N4O2S/c1-13-11-22-15(12-21-13)19(25)24(16-8-4-5-9-17(16)26-2)20-23-14-7-3-6-10-18(14)27-20/h3-12H,1-2H3. The van der Waals surface area contributed by atoms with E-state index >= 15 is 0 Å². The first-order valence-electron chi connectivity index (χ1n) is 8.29. The minimum Gasteiger partial charge on any atom is -0.495 e. The van der Waals surface area contributed by atoms with Crippen molar-refractivity contribution in [3.8, 4) is 5.75 Å². The third-order valence-corrected chi connectivity index (χ3v) is 5.02. The molecule has 1 amide bonds. The highest BCUT2D eigenvalue weighted by Gasteiger charge is 2.26. The first-order chi connectivity index (χ1) is 13.2. The summed E-state index contributed by atoms with van der Waals surface area (Å²) in [5, 5.41) is 0.549. The lowest BCUT2D eigenvalue weighted by Crippen LogP contribution is -2.27. The van der Waals surface area contributed by atoms with Gasteiger partial charge < -0.3 is 4.74 Å². The van der Waals surface area contributed by atoms with Gasteiger partial charge in [0.1, 0.15) is 11.4 Å². The average molecular weight is 376 g/mol. The lowest BCUT2D eigenvalue weighted by Gasteiger charge is -2.21. The number of fused-ring (bicyclic) bond motifs is 1. The van der Waals surface area contributed by atoms with Crippen LogP contribution in [0.3, 0.4) is 0 Å². The van der Waals surface area contributed by atoms with Crippen LogP contribution < -0.4 is 9.64 Å². The lowest BCUT2D eigenvalue weighted by molar-refractivity contribution is 0.0993. The van der Waals surface area contributed by atoms with Gasteiger partial charge >= 0.3 is 0 Å². The number of benzene rings is 2. The Morgan fingerprint density at radius 3 is 2.56 bits per heavy atom. The summed E-state index contributed by atoms with van der Waals surface area (Å²) in [5.41, 5.74) is 2.42. The van der Waals surface area contributed by atoms with E-state index in [4.69, 9.17) is 4.74 Å². The number of hydrogen-bond acceptors (Lipinski definition) is 6. The molecule has 0 atom stereocenters. The van der Waals surface area contributed by atoms with Crippen LogP contribution in [-0.4, -0.2) is 28.0 Å². The minimum absolute atomic E-state index is 0.241. The molecule has 0 radical (unpaired) electrons. The summed E-state index contributed by atoms with van der Waals surface area (Å²) in [6.07, 6.45) is 3.05. The molecule has 0 bridgehead atoms. The number of aromatic nitrogens is 3. The Kier molecular flexibility index (Phi) is 4.52. The molecule has 0 saturated heterocycles. The van der Waals surface area contributed by atoms with Crippen LogP contribution in [0.2, 0.25) is 0 Å². The summed E-state index contributed by atoms with van der Waals surface area (Å²) >= 11 is 1.44. The van der Waals surface area contributed by atoms with E-state index < -0.39 is 0 Å². The smallest absolute Gasteiger partial charge is 0.284 e. The Morgan fingerprint density at radius 1 is 1.04 bits per heavy atom. The van der Waals surface area contributed by atoms with Crippen LogP contribution in [0.25, 0.3) is 10.2 Å². The number of nitrogens with zero attached hydrogens (tertiary/aromatic N) is 4. The van der Waals surface area contributed by atoms with Crippen LogP contribution in [0.4, 0.5) is 10.8 Å². The molecular weight excluding hydrogens is 360 g/mol. The number of anilines is 2. The Morgan fingerprint density at radius 2 is 1.81 bits per heavy atom. The molecular formula is C20H16N4O2S. The zero-order valence-electron chi connectivity index (χ0n) is 14.8. The molecule has 0 unspecified atom stereocenters. The van der Waals surface area contributed by atoms with Gasteiger partial charge in [-0.2, -0.15) is 0 Å². The highest BCUT2D eigenvalue weighted by Crippen LogP contribution is 2.38. The maximum Gasteiger partial charge on any atom is 0.284 e. The molecule has 7 heteroatoms. The lowest BCUT2D eigenvalue weighted by atomic mass is 10.2. The van der Waals surface area contributed by atoms with E-state index in [-0.39, 0.29) is 11.6 Å². The molecule has 0 aliphatic carbocycles. The second-order valence-corrected chi connectivity index (χ2v) is 6.83. The van der Waals surface area contributed by atoms with E-state index in [2.05, 4.69) is 15.0 Å². The number of hydrogen-bond donors (Lipinski definition) is 0. The van der Waals surface area contributed by atoms with Crippen molar-refractivity contribution >= 4 is 38.3 Å². The number of methoxy groups -OCH3 is 1. The molecule has 4 rings (SSSR count). The Bertz CT molecular complexity index is 1080. The van der Waals surface area contributed by atoms with Gasteiger partial charge in [0.15, 0.2) is 5.13 Å². The molecule has 2 aromatic heterocycles. The SMILES string of the molecule is COc1ccccc1N(C(=O)c1cnc(C)cn1)c1nc2ccccc2s1. The van der Waals surface area contributed by atoms with Gasteiger partial charge in [-0.15, -0.1) is 0 Å². The molecule has 0 aliphatic heterocycles. The van der Waals surface area contributed by atoms with Gasteiger partial charge in [0.25, 0.3) is 5.91 Å². The number of carbonyl (C=O) groups is 1. The maximum atomic E-state index is 13.3. The third-order valence-electron chi connectivity index (χ3n) is 4.00. The Hall–Kier alpha value is -3.32. The minimum atomic E-state index is -0.314. The molecule has 0 aliphatic rings. The van der Waals surface area contributed by atoms with Crippen molar-refractivity contribution < 1.29 is 9.53 Å². The van der Waals surface area contributed by atoms with Crippen molar-refractivity contribution in [3.05, 3.63) is 72.3 Å². The van der Waals surface area contributed by atoms with Crippen molar-refractivity contribution in [3.63, 3.8) is 0 Å². The zero-order valence-corrected chi connectivity index (χ0v) is 15.6. The van der Waals surface area contributed by atoms with Gasteiger partial charge in [0.05, 0.1) is 34.9 Å². The average Bonchev–Trinajstić information content (AvgIpc) is 3.12. The van der Waals surface area contributed by atoms with Crippen LogP contribution in [0.5, 0.6) is 5.75 Å². The van der Waals surface area contributed by atoms with Gasteiger partial charge in [0, 0.05) is 6.20 Å². The number of aryl methyl sites for hydroxylation is 1. The topological polar surface area (TPSA) is 68.2 Å². The zero-order chi connectivity index (χ0) is 18.8. The highest BCUT2D eigenvalue weighted by atomic mass is 32.1. The van der Waals surface area contributed by atoms with Crippen molar-refractivity contribution in [1.82, 2.24) is 15.0 Å². The summed E-state index contributed by atoms with van der Waals surface area (Å²) in [5.74, 6) is 0.260. The van der Waals surface area contributed by atoms with Gasteiger partial charge in [-0.3, -0.25) is 9.78 Å². The maximum absolute atomic E-state index is 13.3. The fourth-order valence-electron chi connectivity index (χ4n) is 2.69. The summed E-state index contributed by atoms with van der Waals surface area (Å²) in [4.78, 5) is 28.0. The van der Waals surface area contributed by atoms with Crippen molar-refractivity contribution in [2.45, 2.75) is 6.92 Å². The molecule has 0 fully saturated rings. The fraction of sp³-hybridized carbons (Fsp3) is 0.100. The van der Waals surface area contributed by atoms with Crippen molar-refractivity contribution in [2.75, 3.05) is 12.0 Å². The number of rotatable bonds is 4. The monoisotopic (exact) mass is 376 g/mol. The van der Waals surface area contributed by atoms with Gasteiger partial charge in [0.2, 0.25) is 0 Å². The van der Waals surface area contributed by atoms with Crippen molar-refractivity contribution in [1.29, 1.82) is 0 Å². The molecule has 4 aromatic rings. The van der Waals surface area contributed by atoms with Crippen LogP contribution in [0.15, 0.2) is 60.9 Å². The van der Waals surface area contributed by atoms with Crippen LogP contribution in [0, 0.1) is 6.92 Å². The summed E-state index contributed by atoms with van der Waals surface area (Å²) in [6.45, 7) is 1.83. The first kappa shape index (κ1) is 17.1. The van der Waals surface area contributed by atoms with Crippen LogP contribution >= 0.6 is 11.3 Å². The van der Waals surface area contributed by atoms with Crippen LogP contribution in [-0.2, 0) is 0 Å².